The zero-order chi connectivity index (χ0) is 10.1. The van der Waals surface area contributed by atoms with Crippen LogP contribution in [0.5, 0.6) is 0 Å². The van der Waals surface area contributed by atoms with Gasteiger partial charge >= 0.3 is 0 Å². The Morgan fingerprint density at radius 1 is 1.79 bits per heavy atom. The third-order valence-electron chi connectivity index (χ3n) is 3.27. The minimum atomic E-state index is 0.122. The van der Waals surface area contributed by atoms with Gasteiger partial charge < -0.3 is 0 Å². The van der Waals surface area contributed by atoms with Gasteiger partial charge in [0, 0.05) is 12.5 Å². The standard InChI is InChI=1S/C12H15NO/c1-3-9(2)4-5-11-12(14)10-6-7-13(11)8-10/h1,4,10-11H,5-8H2,2H3. The van der Waals surface area contributed by atoms with Crippen molar-refractivity contribution < 1.29 is 4.79 Å². The number of carbonyl (C=O) groups excluding carboxylic acids is 1. The molecule has 74 valence electrons. The number of ketones is 1. The van der Waals surface area contributed by atoms with E-state index >= 15 is 0 Å². The minimum absolute atomic E-state index is 0.122. The molecule has 2 aliphatic heterocycles. The number of terminal acetylenes is 1. The van der Waals surface area contributed by atoms with Crippen molar-refractivity contribution in [1.29, 1.82) is 0 Å². The Kier molecular flexibility index (Phi) is 2.43. The molecule has 0 aromatic carbocycles. The Labute approximate surface area is 85.0 Å². The molecular weight excluding hydrogens is 174 g/mol. The van der Waals surface area contributed by atoms with Crippen LogP contribution in [0.4, 0.5) is 0 Å². The average Bonchev–Trinajstić information content (AvgIpc) is 2.75. The molecule has 2 saturated heterocycles. The van der Waals surface area contributed by atoms with Gasteiger partial charge in [0.1, 0.15) is 0 Å². The lowest BCUT2D eigenvalue weighted by Crippen LogP contribution is -2.35. The maximum absolute atomic E-state index is 11.7. The van der Waals surface area contributed by atoms with Crippen LogP contribution in [-0.2, 0) is 4.79 Å². The van der Waals surface area contributed by atoms with E-state index in [2.05, 4.69) is 10.8 Å². The lowest BCUT2D eigenvalue weighted by atomic mass is 9.96. The van der Waals surface area contributed by atoms with E-state index in [0.717, 1.165) is 31.5 Å². The zero-order valence-electron chi connectivity index (χ0n) is 8.49. The van der Waals surface area contributed by atoms with Crippen molar-refractivity contribution in [2.45, 2.75) is 25.8 Å². The molecule has 2 bridgehead atoms. The van der Waals surface area contributed by atoms with Crippen molar-refractivity contribution in [3.63, 3.8) is 0 Å². The molecule has 2 aliphatic rings. The molecule has 3 atom stereocenters. The van der Waals surface area contributed by atoms with Gasteiger partial charge in [-0.3, -0.25) is 9.69 Å². The van der Waals surface area contributed by atoms with Crippen molar-refractivity contribution >= 4 is 5.78 Å². The first kappa shape index (κ1) is 9.48. The molecule has 2 nitrogen and oxygen atoms in total. The molecular formula is C12H15NO. The fourth-order valence-electron chi connectivity index (χ4n) is 2.37. The molecule has 2 rings (SSSR count). The first-order valence-corrected chi connectivity index (χ1v) is 5.13. The van der Waals surface area contributed by atoms with E-state index in [0.29, 0.717) is 11.7 Å². The Balaban J connectivity index is 2.00. The third kappa shape index (κ3) is 1.49. The number of hydrogen-bond donors (Lipinski definition) is 0. The number of nitrogens with zero attached hydrogens (tertiary/aromatic N) is 1. The highest BCUT2D eigenvalue weighted by Gasteiger charge is 2.44. The topological polar surface area (TPSA) is 20.3 Å². The second-order valence-electron chi connectivity index (χ2n) is 4.17. The summed E-state index contributed by atoms with van der Waals surface area (Å²) in [6.07, 6.45) is 9.11. The largest absolute Gasteiger partial charge is 0.298 e. The highest BCUT2D eigenvalue weighted by atomic mass is 16.1. The maximum Gasteiger partial charge on any atom is 0.154 e. The van der Waals surface area contributed by atoms with Crippen LogP contribution in [0.15, 0.2) is 11.6 Å². The molecule has 0 aliphatic carbocycles. The Morgan fingerprint density at radius 2 is 2.57 bits per heavy atom. The molecule has 0 saturated carbocycles. The SMILES string of the molecule is C#CC(C)=CCC1C(=O)C2CCN1C2. The van der Waals surface area contributed by atoms with Crippen LogP contribution in [0.3, 0.4) is 0 Å². The van der Waals surface area contributed by atoms with Crippen LogP contribution in [0, 0.1) is 18.3 Å². The molecule has 0 N–H and O–H groups in total. The summed E-state index contributed by atoms with van der Waals surface area (Å²) in [5.41, 5.74) is 0.932. The monoisotopic (exact) mass is 189 g/mol. The van der Waals surface area contributed by atoms with Gasteiger partial charge in [-0.2, -0.15) is 0 Å². The number of fused-ring (bicyclic) bond motifs is 2. The summed E-state index contributed by atoms with van der Waals surface area (Å²) >= 11 is 0. The second kappa shape index (κ2) is 3.59. The fraction of sp³-hybridized carbons (Fsp3) is 0.583. The minimum Gasteiger partial charge on any atom is -0.298 e. The summed E-state index contributed by atoms with van der Waals surface area (Å²) in [5, 5.41) is 0. The molecule has 2 heteroatoms. The molecule has 0 radical (unpaired) electrons. The predicted octanol–water partition coefficient (Wildman–Crippen LogP) is 1.23. The first-order chi connectivity index (χ1) is 6.72. The van der Waals surface area contributed by atoms with Gasteiger partial charge in [-0.15, -0.1) is 6.42 Å². The van der Waals surface area contributed by atoms with Gasteiger partial charge in [0.05, 0.1) is 6.04 Å². The van der Waals surface area contributed by atoms with Crippen LogP contribution in [-0.4, -0.2) is 29.8 Å². The number of rotatable bonds is 2. The molecule has 2 fully saturated rings. The van der Waals surface area contributed by atoms with Gasteiger partial charge in [0.15, 0.2) is 5.78 Å². The Morgan fingerprint density at radius 3 is 3.14 bits per heavy atom. The van der Waals surface area contributed by atoms with Crippen LogP contribution in [0.2, 0.25) is 0 Å². The van der Waals surface area contributed by atoms with Crippen molar-refractivity contribution in [2.24, 2.45) is 5.92 Å². The van der Waals surface area contributed by atoms with E-state index in [-0.39, 0.29) is 6.04 Å². The molecule has 0 aromatic rings. The average molecular weight is 189 g/mol. The summed E-state index contributed by atoms with van der Waals surface area (Å²) < 4.78 is 0. The van der Waals surface area contributed by atoms with E-state index in [4.69, 9.17) is 6.42 Å². The smallest absolute Gasteiger partial charge is 0.154 e. The van der Waals surface area contributed by atoms with Crippen molar-refractivity contribution in [2.75, 3.05) is 13.1 Å². The summed E-state index contributed by atoms with van der Waals surface area (Å²) in [7, 11) is 0. The maximum atomic E-state index is 11.7. The molecule has 0 spiro atoms. The molecule has 14 heavy (non-hydrogen) atoms. The number of Topliss-reactive ketones (excluding diaryl/α,β-unsaturated/α-hetero) is 1. The number of allylic oxidation sites excluding steroid dienone is 1. The van der Waals surface area contributed by atoms with E-state index < -0.39 is 0 Å². The van der Waals surface area contributed by atoms with Crippen LogP contribution in [0.25, 0.3) is 0 Å². The van der Waals surface area contributed by atoms with Gasteiger partial charge in [-0.1, -0.05) is 12.0 Å². The summed E-state index contributed by atoms with van der Waals surface area (Å²) in [6, 6.07) is 0.122. The highest BCUT2D eigenvalue weighted by Crippen LogP contribution is 2.31. The normalized spacial score (nSPS) is 36.1. The van der Waals surface area contributed by atoms with Gasteiger partial charge in [-0.25, -0.2) is 0 Å². The summed E-state index contributed by atoms with van der Waals surface area (Å²) in [4.78, 5) is 14.0. The highest BCUT2D eigenvalue weighted by molar-refractivity contribution is 5.89. The van der Waals surface area contributed by atoms with Crippen LogP contribution in [0.1, 0.15) is 19.8 Å². The Bertz CT molecular complexity index is 324. The zero-order valence-corrected chi connectivity index (χ0v) is 8.49. The van der Waals surface area contributed by atoms with E-state index in [1.807, 2.05) is 13.0 Å². The number of hydrogen-bond acceptors (Lipinski definition) is 2. The van der Waals surface area contributed by atoms with Gasteiger partial charge in [-0.05, 0) is 31.9 Å². The van der Waals surface area contributed by atoms with E-state index in [1.165, 1.54) is 0 Å². The lowest BCUT2D eigenvalue weighted by Gasteiger charge is -2.22. The van der Waals surface area contributed by atoms with Gasteiger partial charge in [0.25, 0.3) is 0 Å². The predicted molar refractivity (Wildman–Crippen MR) is 55.7 cm³/mol. The van der Waals surface area contributed by atoms with Gasteiger partial charge in [0.2, 0.25) is 0 Å². The van der Waals surface area contributed by atoms with E-state index in [9.17, 15) is 4.79 Å². The number of piperidine rings is 1. The molecule has 0 aromatic heterocycles. The van der Waals surface area contributed by atoms with Crippen molar-refractivity contribution in [3.8, 4) is 12.3 Å². The van der Waals surface area contributed by atoms with Crippen LogP contribution >= 0.6 is 0 Å². The fourth-order valence-corrected chi connectivity index (χ4v) is 2.37. The van der Waals surface area contributed by atoms with Crippen LogP contribution < -0.4 is 0 Å². The molecule has 3 unspecified atom stereocenters. The lowest BCUT2D eigenvalue weighted by molar-refractivity contribution is -0.124. The third-order valence-corrected chi connectivity index (χ3v) is 3.27. The summed E-state index contributed by atoms with van der Waals surface area (Å²) in [6.45, 7) is 3.98. The second-order valence-corrected chi connectivity index (χ2v) is 4.17. The first-order valence-electron chi connectivity index (χ1n) is 5.13. The van der Waals surface area contributed by atoms with Crippen molar-refractivity contribution in [1.82, 2.24) is 4.90 Å². The van der Waals surface area contributed by atoms with Crippen molar-refractivity contribution in [3.05, 3.63) is 11.6 Å². The quantitative estimate of drug-likeness (QED) is 0.609. The molecule has 2 heterocycles. The number of carbonyl (C=O) groups is 1. The summed E-state index contributed by atoms with van der Waals surface area (Å²) in [5.74, 6) is 3.33. The van der Waals surface area contributed by atoms with E-state index in [1.54, 1.807) is 0 Å². The Hall–Kier alpha value is -1.07. The molecule has 0 amide bonds.